The molecule has 1 aromatic heterocycles. The lowest BCUT2D eigenvalue weighted by atomic mass is 10.1. The highest BCUT2D eigenvalue weighted by molar-refractivity contribution is 7.92. The first-order valence-corrected chi connectivity index (χ1v) is 8.28. The minimum absolute atomic E-state index is 0.172. The number of imidazole rings is 1. The van der Waals surface area contributed by atoms with Crippen molar-refractivity contribution in [2.24, 2.45) is 5.73 Å². The molecule has 2 unspecified atom stereocenters. The molecule has 5 nitrogen and oxygen atoms in total. The van der Waals surface area contributed by atoms with Gasteiger partial charge in [-0.1, -0.05) is 0 Å². The van der Waals surface area contributed by atoms with E-state index in [0.29, 0.717) is 12.2 Å². The van der Waals surface area contributed by atoms with E-state index in [1.165, 1.54) is 5.69 Å². The zero-order chi connectivity index (χ0) is 12.8. The van der Waals surface area contributed by atoms with Gasteiger partial charge in [-0.2, -0.15) is 0 Å². The predicted octanol–water partition coefficient (Wildman–Crippen LogP) is 0.276. The Bertz CT molecular complexity index is 550. The quantitative estimate of drug-likeness (QED) is 0.836. The van der Waals surface area contributed by atoms with Crippen molar-refractivity contribution in [2.75, 3.05) is 5.75 Å². The summed E-state index contributed by atoms with van der Waals surface area (Å²) >= 11 is 0. The van der Waals surface area contributed by atoms with E-state index < -0.39 is 9.84 Å². The number of aromatic nitrogens is 2. The lowest BCUT2D eigenvalue weighted by molar-refractivity contribution is 0.446. The van der Waals surface area contributed by atoms with Gasteiger partial charge >= 0.3 is 0 Å². The number of nitrogens with zero attached hydrogens (tertiary/aromatic N) is 2. The summed E-state index contributed by atoms with van der Waals surface area (Å²) in [6.07, 6.45) is 5.94. The summed E-state index contributed by atoms with van der Waals surface area (Å²) in [5.74, 6) is 1.24. The molecule has 2 aliphatic heterocycles. The second-order valence-corrected chi connectivity index (χ2v) is 7.81. The molecule has 0 spiro atoms. The molecule has 3 rings (SSSR count). The Kier molecular flexibility index (Phi) is 2.94. The number of hydrogen-bond donors (Lipinski definition) is 1. The largest absolute Gasteiger partial charge is 0.330 e. The summed E-state index contributed by atoms with van der Waals surface area (Å²) in [5.41, 5.74) is 7.17. The van der Waals surface area contributed by atoms with Crippen molar-refractivity contribution in [3.63, 3.8) is 0 Å². The van der Waals surface area contributed by atoms with E-state index in [9.17, 15) is 8.42 Å². The molecule has 1 fully saturated rings. The number of nitrogens with two attached hydrogens (primary N) is 1. The number of sulfone groups is 1. The van der Waals surface area contributed by atoms with Gasteiger partial charge in [-0.15, -0.1) is 0 Å². The molecular weight excluding hydrogens is 250 g/mol. The fourth-order valence-electron chi connectivity index (χ4n) is 2.99. The first kappa shape index (κ1) is 12.2. The van der Waals surface area contributed by atoms with Gasteiger partial charge in [0.25, 0.3) is 0 Å². The molecule has 0 amide bonds. The van der Waals surface area contributed by atoms with Gasteiger partial charge in [-0.25, -0.2) is 13.4 Å². The molecule has 0 bridgehead atoms. The minimum Gasteiger partial charge on any atom is -0.330 e. The van der Waals surface area contributed by atoms with E-state index >= 15 is 0 Å². The topological polar surface area (TPSA) is 78.0 Å². The van der Waals surface area contributed by atoms with Gasteiger partial charge in [-0.3, -0.25) is 0 Å². The van der Waals surface area contributed by atoms with Crippen LogP contribution in [0.4, 0.5) is 0 Å². The lowest BCUT2D eigenvalue weighted by Crippen LogP contribution is -2.33. The molecule has 0 aliphatic carbocycles. The zero-order valence-corrected chi connectivity index (χ0v) is 11.2. The van der Waals surface area contributed by atoms with Crippen LogP contribution in [-0.2, 0) is 29.2 Å². The molecule has 1 aromatic rings. The molecule has 2 aliphatic rings. The molecule has 1 saturated heterocycles. The predicted molar refractivity (Wildman–Crippen MR) is 69.0 cm³/mol. The van der Waals surface area contributed by atoms with Crippen molar-refractivity contribution >= 4 is 9.84 Å². The lowest BCUT2D eigenvalue weighted by Gasteiger charge is -2.23. The Morgan fingerprint density at radius 3 is 3.00 bits per heavy atom. The Hall–Kier alpha value is -0.880. The number of hydrogen-bond acceptors (Lipinski definition) is 4. The summed E-state index contributed by atoms with van der Waals surface area (Å²) in [7, 11) is -2.89. The summed E-state index contributed by atoms with van der Waals surface area (Å²) in [5, 5.41) is -0.234. The van der Waals surface area contributed by atoms with Crippen LogP contribution in [0, 0.1) is 0 Å². The molecule has 2 atom stereocenters. The Balaban J connectivity index is 1.84. The molecule has 6 heteroatoms. The van der Waals surface area contributed by atoms with Crippen LogP contribution in [0.3, 0.4) is 0 Å². The normalized spacial score (nSPS) is 30.3. The molecule has 18 heavy (non-hydrogen) atoms. The third-order valence-corrected chi connectivity index (χ3v) is 6.36. The smallest absolute Gasteiger partial charge is 0.153 e. The van der Waals surface area contributed by atoms with Crippen molar-refractivity contribution in [3.05, 3.63) is 17.7 Å². The summed E-state index contributed by atoms with van der Waals surface area (Å²) in [6.45, 7) is 0.775. The van der Waals surface area contributed by atoms with Crippen LogP contribution >= 0.6 is 0 Å². The first-order valence-electron chi connectivity index (χ1n) is 6.57. The van der Waals surface area contributed by atoms with E-state index in [4.69, 9.17) is 5.73 Å². The maximum Gasteiger partial charge on any atom is 0.153 e. The second-order valence-electron chi connectivity index (χ2n) is 5.41. The highest BCUT2D eigenvalue weighted by atomic mass is 32.2. The maximum absolute atomic E-state index is 11.9. The fraction of sp³-hybridized carbons (Fsp3) is 0.750. The van der Waals surface area contributed by atoms with Crippen molar-refractivity contribution < 1.29 is 8.42 Å². The average molecular weight is 269 g/mol. The van der Waals surface area contributed by atoms with Gasteiger partial charge in [0.05, 0.1) is 11.0 Å². The number of aryl methyl sites for hydroxylation is 1. The second kappa shape index (κ2) is 4.35. The van der Waals surface area contributed by atoms with Crippen LogP contribution in [0.15, 0.2) is 6.20 Å². The maximum atomic E-state index is 11.9. The van der Waals surface area contributed by atoms with Crippen LogP contribution < -0.4 is 5.73 Å². The van der Waals surface area contributed by atoms with Crippen molar-refractivity contribution in [3.8, 4) is 0 Å². The van der Waals surface area contributed by atoms with Crippen LogP contribution in [0.25, 0.3) is 0 Å². The molecule has 100 valence electrons. The highest BCUT2D eigenvalue weighted by Crippen LogP contribution is 2.25. The third kappa shape index (κ3) is 2.07. The molecule has 2 N–H and O–H groups in total. The van der Waals surface area contributed by atoms with E-state index in [1.54, 1.807) is 0 Å². The summed E-state index contributed by atoms with van der Waals surface area (Å²) in [4.78, 5) is 4.40. The molecule has 0 radical (unpaired) electrons. The molecular formula is C12H19N3O2S. The third-order valence-electron chi connectivity index (χ3n) is 4.08. The fourth-order valence-corrected chi connectivity index (χ4v) is 4.82. The Labute approximate surface area is 107 Å². The first-order chi connectivity index (χ1) is 8.56. The van der Waals surface area contributed by atoms with E-state index in [2.05, 4.69) is 9.55 Å². The Morgan fingerprint density at radius 1 is 1.44 bits per heavy atom. The average Bonchev–Trinajstić information content (AvgIpc) is 2.84. The van der Waals surface area contributed by atoms with Crippen LogP contribution in [0.5, 0.6) is 0 Å². The van der Waals surface area contributed by atoms with Gasteiger partial charge in [-0.05, 0) is 25.7 Å². The van der Waals surface area contributed by atoms with Crippen LogP contribution in [-0.4, -0.2) is 35.0 Å². The summed E-state index contributed by atoms with van der Waals surface area (Å²) in [6, 6.07) is 0.172. The van der Waals surface area contributed by atoms with E-state index in [0.717, 1.165) is 38.1 Å². The zero-order valence-electron chi connectivity index (χ0n) is 10.4. The molecule has 3 heterocycles. The van der Waals surface area contributed by atoms with Gasteiger partial charge < -0.3 is 10.3 Å². The van der Waals surface area contributed by atoms with Gasteiger partial charge in [0, 0.05) is 30.9 Å². The summed E-state index contributed by atoms with van der Waals surface area (Å²) < 4.78 is 25.8. The molecule has 0 saturated carbocycles. The highest BCUT2D eigenvalue weighted by Gasteiger charge is 2.33. The van der Waals surface area contributed by atoms with Crippen molar-refractivity contribution in [1.82, 2.24) is 9.55 Å². The molecule has 0 aromatic carbocycles. The standard InChI is InChI=1S/C12H19N3O2S/c13-9-3-4-10-7-14-12(15(10)8-9)6-11-2-1-5-18(11,16)17/h7,9,11H,1-6,8,13H2. The van der Waals surface area contributed by atoms with Crippen molar-refractivity contribution in [2.45, 2.75) is 49.9 Å². The number of fused-ring (bicyclic) bond motifs is 1. The monoisotopic (exact) mass is 269 g/mol. The van der Waals surface area contributed by atoms with E-state index in [-0.39, 0.29) is 11.3 Å². The van der Waals surface area contributed by atoms with Crippen molar-refractivity contribution in [1.29, 1.82) is 0 Å². The van der Waals surface area contributed by atoms with Gasteiger partial charge in [0.2, 0.25) is 0 Å². The SMILES string of the molecule is NC1CCc2cnc(CC3CCCS3(=O)=O)n2C1. The van der Waals surface area contributed by atoms with Gasteiger partial charge in [0.15, 0.2) is 9.84 Å². The minimum atomic E-state index is -2.89. The van der Waals surface area contributed by atoms with Crippen LogP contribution in [0.1, 0.15) is 30.8 Å². The van der Waals surface area contributed by atoms with Crippen LogP contribution in [0.2, 0.25) is 0 Å². The Morgan fingerprint density at radius 2 is 2.28 bits per heavy atom. The van der Waals surface area contributed by atoms with E-state index in [1.807, 2.05) is 6.20 Å². The van der Waals surface area contributed by atoms with Gasteiger partial charge in [0.1, 0.15) is 5.82 Å². The number of rotatable bonds is 2.